The van der Waals surface area contributed by atoms with Crippen molar-refractivity contribution in [3.63, 3.8) is 0 Å². The number of rotatable bonds is 4. The molecular formula is C13H19NO. The van der Waals surface area contributed by atoms with E-state index in [1.807, 2.05) is 12.1 Å². The standard InChI is InChI=1S/C13H19NO/c1-2-6-13(7-8-14-13)10-11-4-3-5-12(15)9-11/h3-5,9,14-15H,2,6-8,10H2,1H3. The molecule has 82 valence electrons. The Hall–Kier alpha value is -1.02. The molecule has 2 rings (SSSR count). The molecule has 1 aliphatic rings. The van der Waals surface area contributed by atoms with Crippen LogP contribution in [0.3, 0.4) is 0 Å². The molecule has 0 saturated carbocycles. The Morgan fingerprint density at radius 3 is 2.80 bits per heavy atom. The minimum Gasteiger partial charge on any atom is -0.508 e. The average molecular weight is 205 g/mol. The molecule has 0 aliphatic carbocycles. The number of phenols is 1. The van der Waals surface area contributed by atoms with Gasteiger partial charge in [-0.25, -0.2) is 0 Å². The second kappa shape index (κ2) is 4.23. The van der Waals surface area contributed by atoms with Crippen molar-refractivity contribution in [2.75, 3.05) is 6.54 Å². The first-order chi connectivity index (χ1) is 7.24. The van der Waals surface area contributed by atoms with Crippen LogP contribution in [0.2, 0.25) is 0 Å². The van der Waals surface area contributed by atoms with Gasteiger partial charge in [-0.05, 0) is 43.5 Å². The number of hydrogen-bond acceptors (Lipinski definition) is 2. The normalized spacial score (nSPS) is 24.9. The molecule has 0 bridgehead atoms. The van der Waals surface area contributed by atoms with E-state index in [4.69, 9.17) is 0 Å². The first kappa shape index (κ1) is 10.5. The molecule has 1 aromatic rings. The van der Waals surface area contributed by atoms with E-state index in [-0.39, 0.29) is 0 Å². The lowest BCUT2D eigenvalue weighted by Gasteiger charge is -2.43. The molecule has 0 amide bonds. The van der Waals surface area contributed by atoms with E-state index in [2.05, 4.69) is 18.3 Å². The SMILES string of the molecule is CCCC1(Cc2cccc(O)c2)CCN1. The highest BCUT2D eigenvalue weighted by Gasteiger charge is 2.35. The van der Waals surface area contributed by atoms with Gasteiger partial charge in [0.15, 0.2) is 0 Å². The Morgan fingerprint density at radius 2 is 2.27 bits per heavy atom. The van der Waals surface area contributed by atoms with Crippen LogP contribution in [0.5, 0.6) is 5.75 Å². The van der Waals surface area contributed by atoms with E-state index in [9.17, 15) is 5.11 Å². The summed E-state index contributed by atoms with van der Waals surface area (Å²) < 4.78 is 0. The Bertz CT molecular complexity index is 331. The molecule has 1 fully saturated rings. The topological polar surface area (TPSA) is 32.3 Å². The van der Waals surface area contributed by atoms with Crippen molar-refractivity contribution in [3.8, 4) is 5.75 Å². The predicted molar refractivity (Wildman–Crippen MR) is 62.1 cm³/mol. The van der Waals surface area contributed by atoms with Gasteiger partial charge in [-0.3, -0.25) is 0 Å². The maximum atomic E-state index is 9.41. The summed E-state index contributed by atoms with van der Waals surface area (Å²) in [5, 5.41) is 13.0. The van der Waals surface area contributed by atoms with E-state index >= 15 is 0 Å². The number of aromatic hydroxyl groups is 1. The zero-order valence-corrected chi connectivity index (χ0v) is 9.29. The van der Waals surface area contributed by atoms with Crippen LogP contribution in [-0.2, 0) is 6.42 Å². The highest BCUT2D eigenvalue weighted by molar-refractivity contribution is 5.29. The van der Waals surface area contributed by atoms with Gasteiger partial charge < -0.3 is 10.4 Å². The van der Waals surface area contributed by atoms with Crippen molar-refractivity contribution >= 4 is 0 Å². The maximum Gasteiger partial charge on any atom is 0.115 e. The van der Waals surface area contributed by atoms with Crippen molar-refractivity contribution < 1.29 is 5.11 Å². The number of hydrogen-bond donors (Lipinski definition) is 2. The molecular weight excluding hydrogens is 186 g/mol. The van der Waals surface area contributed by atoms with E-state index in [0.717, 1.165) is 13.0 Å². The lowest BCUT2D eigenvalue weighted by atomic mass is 9.78. The van der Waals surface area contributed by atoms with Crippen molar-refractivity contribution in [1.29, 1.82) is 0 Å². The number of phenolic OH excluding ortho intramolecular Hbond substituents is 1. The van der Waals surface area contributed by atoms with Gasteiger partial charge >= 0.3 is 0 Å². The molecule has 1 atom stereocenters. The summed E-state index contributed by atoms with van der Waals surface area (Å²) in [7, 11) is 0. The van der Waals surface area contributed by atoms with Gasteiger partial charge in [0.1, 0.15) is 5.75 Å². The van der Waals surface area contributed by atoms with Crippen molar-refractivity contribution in [2.24, 2.45) is 0 Å². The van der Waals surface area contributed by atoms with Gasteiger partial charge in [0.25, 0.3) is 0 Å². The molecule has 2 nitrogen and oxygen atoms in total. The second-order valence-corrected chi connectivity index (χ2v) is 4.55. The molecule has 2 heteroatoms. The Morgan fingerprint density at radius 1 is 1.47 bits per heavy atom. The van der Waals surface area contributed by atoms with E-state index < -0.39 is 0 Å². The number of nitrogens with one attached hydrogen (secondary N) is 1. The van der Waals surface area contributed by atoms with Crippen molar-refractivity contribution in [3.05, 3.63) is 29.8 Å². The van der Waals surface area contributed by atoms with Crippen LogP contribution < -0.4 is 5.32 Å². The largest absolute Gasteiger partial charge is 0.508 e. The van der Waals surface area contributed by atoms with Crippen LogP contribution in [0, 0.1) is 0 Å². The third-order valence-corrected chi connectivity index (χ3v) is 3.29. The van der Waals surface area contributed by atoms with Crippen LogP contribution >= 0.6 is 0 Å². The molecule has 0 spiro atoms. The van der Waals surface area contributed by atoms with Gasteiger partial charge in [-0.15, -0.1) is 0 Å². The minimum absolute atomic E-state index is 0.308. The third kappa shape index (κ3) is 2.32. The van der Waals surface area contributed by atoms with Gasteiger partial charge in [-0.2, -0.15) is 0 Å². The van der Waals surface area contributed by atoms with E-state index in [1.54, 1.807) is 6.07 Å². The summed E-state index contributed by atoms with van der Waals surface area (Å²) in [5.74, 6) is 0.374. The summed E-state index contributed by atoms with van der Waals surface area (Å²) in [5.41, 5.74) is 1.54. The molecule has 1 unspecified atom stereocenters. The molecule has 1 aromatic carbocycles. The first-order valence-electron chi connectivity index (χ1n) is 5.77. The summed E-state index contributed by atoms with van der Waals surface area (Å²) in [6, 6.07) is 7.61. The van der Waals surface area contributed by atoms with Crippen LogP contribution in [0.1, 0.15) is 31.7 Å². The van der Waals surface area contributed by atoms with Gasteiger partial charge in [0, 0.05) is 5.54 Å². The zero-order valence-electron chi connectivity index (χ0n) is 9.29. The van der Waals surface area contributed by atoms with Gasteiger partial charge in [0.05, 0.1) is 0 Å². The van der Waals surface area contributed by atoms with Gasteiger partial charge in [-0.1, -0.05) is 25.5 Å². The van der Waals surface area contributed by atoms with Crippen LogP contribution in [0.4, 0.5) is 0 Å². The smallest absolute Gasteiger partial charge is 0.115 e. The Balaban J connectivity index is 2.06. The highest BCUT2D eigenvalue weighted by Crippen LogP contribution is 2.29. The molecule has 0 radical (unpaired) electrons. The molecule has 15 heavy (non-hydrogen) atoms. The van der Waals surface area contributed by atoms with E-state index in [1.165, 1.54) is 24.8 Å². The zero-order chi connectivity index (χ0) is 10.7. The fourth-order valence-electron chi connectivity index (χ4n) is 2.47. The highest BCUT2D eigenvalue weighted by atomic mass is 16.3. The molecule has 0 aromatic heterocycles. The van der Waals surface area contributed by atoms with Crippen molar-refractivity contribution in [1.82, 2.24) is 5.32 Å². The summed E-state index contributed by atoms with van der Waals surface area (Å²) in [6.45, 7) is 3.36. The Kier molecular flexibility index (Phi) is 2.96. The fourth-order valence-corrected chi connectivity index (χ4v) is 2.47. The third-order valence-electron chi connectivity index (χ3n) is 3.29. The molecule has 1 aliphatic heterocycles. The van der Waals surface area contributed by atoms with Gasteiger partial charge in [0.2, 0.25) is 0 Å². The quantitative estimate of drug-likeness (QED) is 0.791. The monoisotopic (exact) mass is 205 g/mol. The summed E-state index contributed by atoms with van der Waals surface area (Å²) in [6.07, 6.45) is 4.74. The lowest BCUT2D eigenvalue weighted by molar-refractivity contribution is 0.188. The van der Waals surface area contributed by atoms with Crippen LogP contribution in [-0.4, -0.2) is 17.2 Å². The predicted octanol–water partition coefficient (Wildman–Crippen LogP) is 2.47. The molecule has 2 N–H and O–H groups in total. The lowest BCUT2D eigenvalue weighted by Crippen LogP contribution is -2.58. The average Bonchev–Trinajstić information content (AvgIpc) is 2.15. The van der Waals surface area contributed by atoms with E-state index in [0.29, 0.717) is 11.3 Å². The fraction of sp³-hybridized carbons (Fsp3) is 0.538. The first-order valence-corrected chi connectivity index (χ1v) is 5.77. The number of benzene rings is 1. The molecule has 1 heterocycles. The van der Waals surface area contributed by atoms with Crippen LogP contribution in [0.25, 0.3) is 0 Å². The maximum absolute atomic E-state index is 9.41. The summed E-state index contributed by atoms with van der Waals surface area (Å²) in [4.78, 5) is 0. The minimum atomic E-state index is 0.308. The van der Waals surface area contributed by atoms with Crippen molar-refractivity contribution in [2.45, 2.75) is 38.1 Å². The molecule has 1 saturated heterocycles. The second-order valence-electron chi connectivity index (χ2n) is 4.55. The Labute approximate surface area is 91.3 Å². The summed E-state index contributed by atoms with van der Waals surface area (Å²) >= 11 is 0. The van der Waals surface area contributed by atoms with Crippen LogP contribution in [0.15, 0.2) is 24.3 Å².